The second-order valence-corrected chi connectivity index (χ2v) is 4.19. The number of nitrogens with one attached hydrogen (secondary N) is 1. The van der Waals surface area contributed by atoms with Crippen molar-refractivity contribution >= 4 is 29.1 Å². The van der Waals surface area contributed by atoms with Gasteiger partial charge in [-0.05, 0) is 43.3 Å². The molecule has 0 bridgehead atoms. The Morgan fingerprint density at radius 1 is 1.32 bits per heavy atom. The Hall–Kier alpha value is -2.07. The van der Waals surface area contributed by atoms with Crippen LogP contribution in [0.1, 0.15) is 17.3 Å². The molecule has 0 aliphatic rings. The van der Waals surface area contributed by atoms with Gasteiger partial charge in [0.15, 0.2) is 0 Å². The fourth-order valence-electron chi connectivity index (χ4n) is 1.55. The number of nitrogens with zero attached hydrogens (tertiary/aromatic N) is 1. The highest BCUT2D eigenvalue weighted by Gasteiger charge is 2.13. The maximum Gasteiger partial charge on any atom is 0.341 e. The molecule has 1 aromatic carbocycles. The van der Waals surface area contributed by atoms with Gasteiger partial charge in [0.05, 0.1) is 6.61 Å². The number of carbonyl (C=O) groups is 1. The molecule has 2 aromatic rings. The number of hydrogen-bond donors (Lipinski definition) is 1. The van der Waals surface area contributed by atoms with Crippen molar-refractivity contribution in [2.75, 3.05) is 11.9 Å². The zero-order valence-corrected chi connectivity index (χ0v) is 11.1. The monoisotopic (exact) mass is 276 g/mol. The van der Waals surface area contributed by atoms with E-state index in [1.807, 2.05) is 12.1 Å². The lowest BCUT2D eigenvalue weighted by molar-refractivity contribution is 0.0527. The van der Waals surface area contributed by atoms with Gasteiger partial charge < -0.3 is 10.1 Å². The van der Waals surface area contributed by atoms with Gasteiger partial charge in [0.25, 0.3) is 0 Å². The van der Waals surface area contributed by atoms with E-state index in [-0.39, 0.29) is 0 Å². The summed E-state index contributed by atoms with van der Waals surface area (Å²) < 4.78 is 4.99. The van der Waals surface area contributed by atoms with Gasteiger partial charge in [-0.1, -0.05) is 11.6 Å². The van der Waals surface area contributed by atoms with Crippen molar-refractivity contribution in [3.8, 4) is 0 Å². The normalized spacial score (nSPS) is 10.0. The molecule has 2 rings (SSSR count). The number of pyridine rings is 1. The maximum absolute atomic E-state index is 11.8. The van der Waals surface area contributed by atoms with Crippen LogP contribution in [-0.2, 0) is 4.74 Å². The van der Waals surface area contributed by atoms with Gasteiger partial charge in [-0.2, -0.15) is 0 Å². The Balaban J connectivity index is 2.24. The van der Waals surface area contributed by atoms with Crippen molar-refractivity contribution < 1.29 is 9.53 Å². The summed E-state index contributed by atoms with van der Waals surface area (Å²) >= 11 is 5.82. The molecule has 5 heteroatoms. The molecular formula is C14H13ClN2O2. The van der Waals surface area contributed by atoms with Crippen LogP contribution in [0.25, 0.3) is 0 Å². The smallest absolute Gasteiger partial charge is 0.341 e. The molecule has 0 radical (unpaired) electrons. The van der Waals surface area contributed by atoms with Crippen molar-refractivity contribution in [1.82, 2.24) is 4.98 Å². The molecule has 1 N–H and O–H groups in total. The quantitative estimate of drug-likeness (QED) is 0.866. The summed E-state index contributed by atoms with van der Waals surface area (Å²) in [5.41, 5.74) is 1.20. The molecule has 19 heavy (non-hydrogen) atoms. The molecule has 0 fully saturated rings. The lowest BCUT2D eigenvalue weighted by Crippen LogP contribution is -2.09. The SMILES string of the molecule is CCOC(=O)c1cccnc1Nc1ccc(Cl)cc1. The second-order valence-electron chi connectivity index (χ2n) is 3.75. The first kappa shape index (κ1) is 13.4. The fourth-order valence-corrected chi connectivity index (χ4v) is 1.67. The summed E-state index contributed by atoms with van der Waals surface area (Å²) in [5, 5.41) is 3.72. The number of benzene rings is 1. The van der Waals surface area contributed by atoms with E-state index in [0.29, 0.717) is 23.0 Å². The molecule has 0 saturated carbocycles. The summed E-state index contributed by atoms with van der Waals surface area (Å²) in [7, 11) is 0. The molecule has 0 amide bonds. The minimum atomic E-state index is -0.396. The molecule has 0 atom stereocenters. The Labute approximate surface area is 116 Å². The number of anilines is 2. The number of carbonyl (C=O) groups excluding carboxylic acids is 1. The van der Waals surface area contributed by atoms with E-state index in [0.717, 1.165) is 5.69 Å². The topological polar surface area (TPSA) is 51.2 Å². The summed E-state index contributed by atoms with van der Waals surface area (Å²) in [6.45, 7) is 2.09. The number of aromatic nitrogens is 1. The van der Waals surface area contributed by atoms with Crippen LogP contribution in [-0.4, -0.2) is 17.6 Å². The molecule has 0 spiro atoms. The Kier molecular flexibility index (Phi) is 4.36. The number of rotatable bonds is 4. The predicted molar refractivity (Wildman–Crippen MR) is 74.9 cm³/mol. The number of esters is 1. The zero-order chi connectivity index (χ0) is 13.7. The van der Waals surface area contributed by atoms with E-state index in [1.165, 1.54) is 0 Å². The number of halogens is 1. The second kappa shape index (κ2) is 6.20. The maximum atomic E-state index is 11.8. The van der Waals surface area contributed by atoms with Crippen LogP contribution < -0.4 is 5.32 Å². The van der Waals surface area contributed by atoms with Crippen LogP contribution in [0.2, 0.25) is 5.02 Å². The van der Waals surface area contributed by atoms with E-state index in [2.05, 4.69) is 10.3 Å². The van der Waals surface area contributed by atoms with Crippen molar-refractivity contribution in [3.63, 3.8) is 0 Å². The third-order valence-electron chi connectivity index (χ3n) is 2.41. The van der Waals surface area contributed by atoms with Crippen LogP contribution in [0.5, 0.6) is 0 Å². The fraction of sp³-hybridized carbons (Fsp3) is 0.143. The van der Waals surface area contributed by atoms with Gasteiger partial charge in [-0.3, -0.25) is 0 Å². The van der Waals surface area contributed by atoms with Crippen molar-refractivity contribution in [2.45, 2.75) is 6.92 Å². The highest BCUT2D eigenvalue weighted by molar-refractivity contribution is 6.30. The zero-order valence-electron chi connectivity index (χ0n) is 10.4. The van der Waals surface area contributed by atoms with Crippen molar-refractivity contribution in [3.05, 3.63) is 53.2 Å². The van der Waals surface area contributed by atoms with Crippen LogP contribution in [0, 0.1) is 0 Å². The Morgan fingerprint density at radius 2 is 2.05 bits per heavy atom. The summed E-state index contributed by atoms with van der Waals surface area (Å²) in [6.07, 6.45) is 1.61. The van der Waals surface area contributed by atoms with E-state index in [4.69, 9.17) is 16.3 Å². The molecule has 98 valence electrons. The first-order valence-electron chi connectivity index (χ1n) is 5.85. The van der Waals surface area contributed by atoms with Crippen LogP contribution in [0.15, 0.2) is 42.6 Å². The molecule has 0 saturated heterocycles. The highest BCUT2D eigenvalue weighted by Crippen LogP contribution is 2.20. The first-order chi connectivity index (χ1) is 9.20. The molecule has 1 aromatic heterocycles. The average Bonchev–Trinajstić information content (AvgIpc) is 2.42. The molecule has 4 nitrogen and oxygen atoms in total. The standard InChI is InChI=1S/C14H13ClN2O2/c1-2-19-14(18)12-4-3-9-16-13(12)17-11-7-5-10(15)6-8-11/h3-9H,2H2,1H3,(H,16,17). The Morgan fingerprint density at radius 3 is 2.74 bits per heavy atom. The highest BCUT2D eigenvalue weighted by atomic mass is 35.5. The minimum Gasteiger partial charge on any atom is -0.462 e. The van der Waals surface area contributed by atoms with Crippen LogP contribution >= 0.6 is 11.6 Å². The molecule has 0 aliphatic carbocycles. The van der Waals surface area contributed by atoms with Gasteiger partial charge in [0, 0.05) is 16.9 Å². The average molecular weight is 277 g/mol. The van der Waals surface area contributed by atoms with E-state index >= 15 is 0 Å². The molecule has 0 unspecified atom stereocenters. The molecule has 1 heterocycles. The molecular weight excluding hydrogens is 264 g/mol. The molecule has 0 aliphatic heterocycles. The predicted octanol–water partition coefficient (Wildman–Crippen LogP) is 3.66. The third kappa shape index (κ3) is 3.45. The van der Waals surface area contributed by atoms with E-state index in [9.17, 15) is 4.79 Å². The van der Waals surface area contributed by atoms with E-state index in [1.54, 1.807) is 37.4 Å². The van der Waals surface area contributed by atoms with Crippen molar-refractivity contribution in [2.24, 2.45) is 0 Å². The Bertz CT molecular complexity index is 570. The van der Waals surface area contributed by atoms with Gasteiger partial charge in [-0.15, -0.1) is 0 Å². The van der Waals surface area contributed by atoms with Gasteiger partial charge in [0.2, 0.25) is 0 Å². The lowest BCUT2D eigenvalue weighted by atomic mass is 10.2. The van der Waals surface area contributed by atoms with E-state index < -0.39 is 5.97 Å². The number of hydrogen-bond acceptors (Lipinski definition) is 4. The first-order valence-corrected chi connectivity index (χ1v) is 6.23. The van der Waals surface area contributed by atoms with Crippen LogP contribution in [0.3, 0.4) is 0 Å². The van der Waals surface area contributed by atoms with Gasteiger partial charge >= 0.3 is 5.97 Å². The third-order valence-corrected chi connectivity index (χ3v) is 2.66. The van der Waals surface area contributed by atoms with Gasteiger partial charge in [0.1, 0.15) is 11.4 Å². The lowest BCUT2D eigenvalue weighted by Gasteiger charge is -2.10. The largest absolute Gasteiger partial charge is 0.462 e. The van der Waals surface area contributed by atoms with Crippen LogP contribution in [0.4, 0.5) is 11.5 Å². The van der Waals surface area contributed by atoms with Gasteiger partial charge in [-0.25, -0.2) is 9.78 Å². The van der Waals surface area contributed by atoms with Crippen molar-refractivity contribution in [1.29, 1.82) is 0 Å². The summed E-state index contributed by atoms with van der Waals surface area (Å²) in [4.78, 5) is 15.9. The summed E-state index contributed by atoms with van der Waals surface area (Å²) in [6, 6.07) is 10.5. The number of ether oxygens (including phenoxy) is 1. The minimum absolute atomic E-state index is 0.327. The summed E-state index contributed by atoms with van der Waals surface area (Å²) in [5.74, 6) is 0.0651.